The highest BCUT2D eigenvalue weighted by Gasteiger charge is 2.20. The molecule has 0 amide bonds. The Morgan fingerprint density at radius 2 is 1.33 bits per heavy atom. The third-order valence-electron chi connectivity index (χ3n) is 4.66. The fraction of sp³-hybridized carbons (Fsp3) is 0.947. The Morgan fingerprint density at radius 3 is 1.83 bits per heavy atom. The molecule has 0 rings (SSSR count). The second kappa shape index (κ2) is 15.9. The van der Waals surface area contributed by atoms with Crippen LogP contribution >= 0.6 is 0 Å². The van der Waals surface area contributed by atoms with Crippen LogP contribution in [0.5, 0.6) is 0 Å². The van der Waals surface area contributed by atoms with Crippen molar-refractivity contribution in [3.63, 3.8) is 0 Å². The molecule has 5 heteroatoms. The molecule has 0 saturated heterocycles. The zero-order chi connectivity index (χ0) is 18.1. The summed E-state index contributed by atoms with van der Waals surface area (Å²) in [6.07, 6.45) is 11.6. The van der Waals surface area contributed by atoms with Crippen LogP contribution in [0.25, 0.3) is 0 Å². The van der Waals surface area contributed by atoms with Crippen molar-refractivity contribution in [2.24, 2.45) is 0 Å². The molecule has 0 aromatic carbocycles. The molecule has 0 unspecified atom stereocenters. The lowest BCUT2D eigenvalue weighted by Crippen LogP contribution is -2.50. The number of nitrogens with zero attached hydrogens (tertiary/aromatic N) is 1. The number of esters is 1. The Labute approximate surface area is 148 Å². The van der Waals surface area contributed by atoms with Crippen LogP contribution in [0.15, 0.2) is 0 Å². The van der Waals surface area contributed by atoms with Gasteiger partial charge in [0.15, 0.2) is 0 Å². The van der Waals surface area contributed by atoms with Crippen molar-refractivity contribution in [2.45, 2.75) is 71.1 Å². The Bertz CT molecular complexity index is 291. The highest BCUT2D eigenvalue weighted by molar-refractivity contribution is 5.69. The third kappa shape index (κ3) is 13.8. The molecule has 0 aliphatic rings. The molecule has 0 aliphatic heterocycles. The lowest BCUT2D eigenvalue weighted by atomic mass is 10.1. The van der Waals surface area contributed by atoms with Gasteiger partial charge >= 0.3 is 5.97 Å². The van der Waals surface area contributed by atoms with Gasteiger partial charge in [0, 0.05) is 6.42 Å². The van der Waals surface area contributed by atoms with Crippen molar-refractivity contribution in [1.29, 1.82) is 0 Å². The average molecular weight is 347 g/mol. The first-order chi connectivity index (χ1) is 11.6. The van der Waals surface area contributed by atoms with Gasteiger partial charge in [-0.2, -0.15) is 0 Å². The van der Waals surface area contributed by atoms with Crippen molar-refractivity contribution in [3.05, 3.63) is 0 Å². The van der Waals surface area contributed by atoms with Gasteiger partial charge in [0.2, 0.25) is 0 Å². The van der Waals surface area contributed by atoms with E-state index < -0.39 is 0 Å². The van der Waals surface area contributed by atoms with E-state index in [1.54, 1.807) is 0 Å². The molecule has 5 nitrogen and oxygen atoms in total. The number of aliphatic hydroxyl groups excluding tert-OH is 2. The molecule has 0 aromatic heterocycles. The van der Waals surface area contributed by atoms with Gasteiger partial charge in [0.05, 0.1) is 20.3 Å². The molecule has 2 N–H and O–H groups in total. The van der Waals surface area contributed by atoms with Gasteiger partial charge in [-0.1, -0.05) is 58.3 Å². The van der Waals surface area contributed by atoms with E-state index in [4.69, 9.17) is 14.9 Å². The van der Waals surface area contributed by atoms with E-state index in [9.17, 15) is 4.79 Å². The monoisotopic (exact) mass is 346 g/mol. The third-order valence-corrected chi connectivity index (χ3v) is 4.66. The summed E-state index contributed by atoms with van der Waals surface area (Å²) in [4.78, 5) is 11.7. The van der Waals surface area contributed by atoms with E-state index in [0.29, 0.717) is 37.1 Å². The van der Waals surface area contributed by atoms with Crippen LogP contribution < -0.4 is 0 Å². The zero-order valence-electron chi connectivity index (χ0n) is 16.0. The minimum atomic E-state index is -0.127. The van der Waals surface area contributed by atoms with Gasteiger partial charge < -0.3 is 19.4 Å². The maximum absolute atomic E-state index is 11.7. The molecule has 0 aromatic rings. The Morgan fingerprint density at radius 1 is 0.833 bits per heavy atom. The number of carbonyl (C=O) groups excluding carboxylic acids is 1. The van der Waals surface area contributed by atoms with Gasteiger partial charge in [-0.15, -0.1) is 0 Å². The van der Waals surface area contributed by atoms with Crippen molar-refractivity contribution in [3.8, 4) is 0 Å². The van der Waals surface area contributed by atoms with E-state index in [1.165, 1.54) is 44.9 Å². The zero-order valence-corrected chi connectivity index (χ0v) is 16.0. The van der Waals surface area contributed by atoms with Crippen LogP contribution in [0.4, 0.5) is 0 Å². The Kier molecular flexibility index (Phi) is 15.4. The number of carbonyl (C=O) groups is 1. The van der Waals surface area contributed by atoms with E-state index >= 15 is 0 Å². The van der Waals surface area contributed by atoms with E-state index in [2.05, 4.69) is 6.92 Å². The summed E-state index contributed by atoms with van der Waals surface area (Å²) in [5.74, 6) is -0.127. The molecule has 0 aliphatic carbocycles. The van der Waals surface area contributed by atoms with Gasteiger partial charge in [0.1, 0.15) is 26.2 Å². The molecule has 0 heterocycles. The Balaban J connectivity index is 3.55. The molecule has 0 atom stereocenters. The number of aliphatic hydroxyl groups is 2. The lowest BCUT2D eigenvalue weighted by molar-refractivity contribution is -0.910. The Hall–Kier alpha value is -0.650. The number of hydrogen-bond acceptors (Lipinski definition) is 4. The number of ether oxygens (including phenoxy) is 1. The van der Waals surface area contributed by atoms with Gasteiger partial charge in [0.25, 0.3) is 0 Å². The summed E-state index contributed by atoms with van der Waals surface area (Å²) in [6, 6.07) is 0. The smallest absolute Gasteiger partial charge is 0.305 e. The lowest BCUT2D eigenvalue weighted by Gasteiger charge is -2.33. The summed E-state index contributed by atoms with van der Waals surface area (Å²) in [5.41, 5.74) is 0. The largest absolute Gasteiger partial charge is 0.460 e. The van der Waals surface area contributed by atoms with Crippen molar-refractivity contribution in [2.75, 3.05) is 46.5 Å². The summed E-state index contributed by atoms with van der Waals surface area (Å²) < 4.78 is 5.81. The second-order valence-corrected chi connectivity index (χ2v) is 7.04. The normalized spacial score (nSPS) is 11.7. The maximum atomic E-state index is 11.7. The first kappa shape index (κ1) is 23.4. The molecule has 144 valence electrons. The van der Waals surface area contributed by atoms with Crippen LogP contribution in [-0.2, 0) is 9.53 Å². The minimum absolute atomic E-state index is 0.0723. The maximum Gasteiger partial charge on any atom is 0.305 e. The minimum Gasteiger partial charge on any atom is -0.460 e. The fourth-order valence-electron chi connectivity index (χ4n) is 2.85. The van der Waals surface area contributed by atoms with E-state index in [1.807, 2.05) is 7.05 Å². The quantitative estimate of drug-likeness (QED) is 0.241. The highest BCUT2D eigenvalue weighted by atomic mass is 16.5. The predicted molar refractivity (Wildman–Crippen MR) is 97.8 cm³/mol. The van der Waals surface area contributed by atoms with Crippen molar-refractivity contribution < 1.29 is 24.2 Å². The van der Waals surface area contributed by atoms with Crippen LogP contribution in [0, 0.1) is 0 Å². The summed E-state index contributed by atoms with van der Waals surface area (Å²) >= 11 is 0. The van der Waals surface area contributed by atoms with Gasteiger partial charge in [-0.3, -0.25) is 4.79 Å². The molecule has 0 radical (unpaired) electrons. The SMILES string of the molecule is CCCCCCCCCCCC(=O)OCC[N+](C)(CCO)CCO. The molecule has 0 spiro atoms. The molecule has 0 fully saturated rings. The number of rotatable bonds is 17. The highest BCUT2D eigenvalue weighted by Crippen LogP contribution is 2.11. The van der Waals surface area contributed by atoms with Crippen LogP contribution in [0.3, 0.4) is 0 Å². The molecule has 0 bridgehead atoms. The van der Waals surface area contributed by atoms with Crippen LogP contribution in [0.2, 0.25) is 0 Å². The number of hydrogen-bond donors (Lipinski definition) is 2. The van der Waals surface area contributed by atoms with Crippen molar-refractivity contribution in [1.82, 2.24) is 0 Å². The van der Waals surface area contributed by atoms with Gasteiger partial charge in [-0.05, 0) is 6.42 Å². The number of unbranched alkanes of at least 4 members (excludes halogenated alkanes) is 8. The molecular formula is C19H40NO4+. The number of likely N-dealkylation sites (N-methyl/N-ethyl adjacent to an activating group) is 1. The molecule has 24 heavy (non-hydrogen) atoms. The molecule has 0 saturated carbocycles. The first-order valence-electron chi connectivity index (χ1n) is 9.79. The summed E-state index contributed by atoms with van der Waals surface area (Å²) in [5, 5.41) is 18.2. The number of quaternary nitrogens is 1. The van der Waals surface area contributed by atoms with Gasteiger partial charge in [-0.25, -0.2) is 0 Å². The van der Waals surface area contributed by atoms with E-state index in [0.717, 1.165) is 12.8 Å². The average Bonchev–Trinajstić information content (AvgIpc) is 2.53. The summed E-state index contributed by atoms with van der Waals surface area (Å²) in [6.45, 7) is 4.49. The summed E-state index contributed by atoms with van der Waals surface area (Å²) in [7, 11) is 1.96. The standard InChI is InChI=1S/C19H40NO4/c1-3-4-5-6-7-8-9-10-11-12-19(23)24-18-15-20(2,13-16-21)14-17-22/h21-22H,3-18H2,1-2H3/q+1. The van der Waals surface area contributed by atoms with Crippen LogP contribution in [0.1, 0.15) is 71.1 Å². The fourth-order valence-corrected chi connectivity index (χ4v) is 2.85. The second-order valence-electron chi connectivity index (χ2n) is 7.04. The topological polar surface area (TPSA) is 66.8 Å². The molecular weight excluding hydrogens is 306 g/mol. The van der Waals surface area contributed by atoms with Crippen molar-refractivity contribution >= 4 is 5.97 Å². The predicted octanol–water partition coefficient (Wildman–Crippen LogP) is 2.88. The van der Waals surface area contributed by atoms with E-state index in [-0.39, 0.29) is 19.2 Å². The first-order valence-corrected chi connectivity index (χ1v) is 9.79. The van der Waals surface area contributed by atoms with Crippen LogP contribution in [-0.4, -0.2) is 67.2 Å².